The normalized spacial score (nSPS) is 13.4. The van der Waals surface area contributed by atoms with Gasteiger partial charge in [-0.15, -0.1) is 0 Å². The molecule has 0 spiro atoms. The Kier molecular flexibility index (Phi) is 2.93. The van der Waals surface area contributed by atoms with Gasteiger partial charge >= 0.3 is 0 Å². The molecule has 4 heteroatoms. The zero-order chi connectivity index (χ0) is 13.4. The fraction of sp³-hybridized carbons (Fsp3) is 0.400. The van der Waals surface area contributed by atoms with E-state index in [0.29, 0.717) is 0 Å². The van der Waals surface area contributed by atoms with Gasteiger partial charge in [0.15, 0.2) is 5.82 Å². The third kappa shape index (κ3) is 2.07. The van der Waals surface area contributed by atoms with E-state index in [2.05, 4.69) is 28.3 Å². The van der Waals surface area contributed by atoms with E-state index in [1.807, 2.05) is 20.2 Å². The molecule has 1 aliphatic rings. The number of aryl methyl sites for hydroxylation is 3. The van der Waals surface area contributed by atoms with Crippen LogP contribution >= 0.6 is 0 Å². The van der Waals surface area contributed by atoms with Crippen molar-refractivity contribution in [3.8, 4) is 11.5 Å². The minimum absolute atomic E-state index is 0.738. The molecule has 2 aromatic heterocycles. The van der Waals surface area contributed by atoms with Crippen LogP contribution in [-0.4, -0.2) is 22.0 Å². The number of aromatic nitrogens is 3. The van der Waals surface area contributed by atoms with Gasteiger partial charge in [-0.3, -0.25) is 4.98 Å². The Morgan fingerprint density at radius 3 is 2.74 bits per heavy atom. The highest BCUT2D eigenvalue weighted by molar-refractivity contribution is 5.60. The number of hydrogen-bond acceptors (Lipinski definition) is 4. The minimum atomic E-state index is 0.738. The number of anilines is 1. The number of hydrogen-bond donors (Lipinski definition) is 1. The van der Waals surface area contributed by atoms with Crippen LogP contribution in [0, 0.1) is 13.8 Å². The quantitative estimate of drug-likeness (QED) is 0.895. The van der Waals surface area contributed by atoms with Crippen molar-refractivity contribution in [2.75, 3.05) is 12.4 Å². The molecule has 2 heterocycles. The van der Waals surface area contributed by atoms with Gasteiger partial charge in [-0.25, -0.2) is 9.97 Å². The van der Waals surface area contributed by atoms with Crippen LogP contribution in [0.4, 0.5) is 5.82 Å². The Morgan fingerprint density at radius 2 is 2.00 bits per heavy atom. The summed E-state index contributed by atoms with van der Waals surface area (Å²) in [5, 5.41) is 3.19. The molecule has 0 aliphatic heterocycles. The maximum absolute atomic E-state index is 4.71. The minimum Gasteiger partial charge on any atom is -0.373 e. The monoisotopic (exact) mass is 254 g/mol. The third-order valence-corrected chi connectivity index (χ3v) is 3.60. The zero-order valence-corrected chi connectivity index (χ0v) is 11.6. The third-order valence-electron chi connectivity index (χ3n) is 3.60. The highest BCUT2D eigenvalue weighted by Crippen LogP contribution is 2.29. The molecule has 0 radical (unpaired) electrons. The fourth-order valence-electron chi connectivity index (χ4n) is 2.69. The van der Waals surface area contributed by atoms with E-state index in [1.54, 1.807) is 0 Å². The maximum atomic E-state index is 4.71. The molecule has 19 heavy (non-hydrogen) atoms. The van der Waals surface area contributed by atoms with Gasteiger partial charge in [-0.1, -0.05) is 6.07 Å². The summed E-state index contributed by atoms with van der Waals surface area (Å²) in [5.74, 6) is 1.70. The molecule has 0 atom stereocenters. The summed E-state index contributed by atoms with van der Waals surface area (Å²) in [7, 11) is 1.92. The van der Waals surface area contributed by atoms with E-state index in [9.17, 15) is 0 Å². The molecule has 0 unspecified atom stereocenters. The smallest absolute Gasteiger partial charge is 0.180 e. The van der Waals surface area contributed by atoms with Gasteiger partial charge in [-0.05, 0) is 44.2 Å². The topological polar surface area (TPSA) is 50.7 Å². The zero-order valence-electron chi connectivity index (χ0n) is 11.6. The van der Waals surface area contributed by atoms with Crippen molar-refractivity contribution < 1.29 is 0 Å². The van der Waals surface area contributed by atoms with Crippen molar-refractivity contribution in [1.82, 2.24) is 15.0 Å². The lowest BCUT2D eigenvalue weighted by Gasteiger charge is -2.10. The van der Waals surface area contributed by atoms with Gasteiger partial charge in [0.05, 0.1) is 0 Å². The van der Waals surface area contributed by atoms with Crippen LogP contribution in [0.5, 0.6) is 0 Å². The Balaban J connectivity index is 2.15. The number of pyridine rings is 1. The van der Waals surface area contributed by atoms with Crippen LogP contribution in [0.2, 0.25) is 0 Å². The predicted molar refractivity (Wildman–Crippen MR) is 76.3 cm³/mol. The highest BCUT2D eigenvalue weighted by atomic mass is 15.0. The van der Waals surface area contributed by atoms with E-state index in [0.717, 1.165) is 41.3 Å². The van der Waals surface area contributed by atoms with Crippen molar-refractivity contribution >= 4 is 5.82 Å². The molecular weight excluding hydrogens is 236 g/mol. The first kappa shape index (κ1) is 12.1. The van der Waals surface area contributed by atoms with Gasteiger partial charge in [0, 0.05) is 24.5 Å². The van der Waals surface area contributed by atoms with Crippen LogP contribution in [0.3, 0.4) is 0 Å². The molecule has 3 rings (SSSR count). The molecule has 1 N–H and O–H groups in total. The van der Waals surface area contributed by atoms with Crippen molar-refractivity contribution in [3.63, 3.8) is 0 Å². The Morgan fingerprint density at radius 1 is 1.16 bits per heavy atom. The van der Waals surface area contributed by atoms with E-state index < -0.39 is 0 Å². The first-order chi connectivity index (χ1) is 9.19. The average Bonchev–Trinajstić information content (AvgIpc) is 2.85. The SMILES string of the molecule is CNc1nc(-c2ncc(C)cc2C)nc2c1CCC2. The Bertz CT molecular complexity index is 634. The fourth-order valence-corrected chi connectivity index (χ4v) is 2.69. The summed E-state index contributed by atoms with van der Waals surface area (Å²) >= 11 is 0. The van der Waals surface area contributed by atoms with Gasteiger partial charge in [0.25, 0.3) is 0 Å². The molecule has 1 aliphatic carbocycles. The lowest BCUT2D eigenvalue weighted by molar-refractivity contribution is 0.899. The molecule has 0 bridgehead atoms. The van der Waals surface area contributed by atoms with Gasteiger partial charge in [-0.2, -0.15) is 0 Å². The van der Waals surface area contributed by atoms with E-state index in [1.165, 1.54) is 17.7 Å². The van der Waals surface area contributed by atoms with E-state index in [-0.39, 0.29) is 0 Å². The molecule has 0 aromatic carbocycles. The van der Waals surface area contributed by atoms with E-state index >= 15 is 0 Å². The molecule has 0 saturated carbocycles. The van der Waals surface area contributed by atoms with Gasteiger partial charge in [0.2, 0.25) is 0 Å². The maximum Gasteiger partial charge on any atom is 0.180 e. The van der Waals surface area contributed by atoms with Crippen LogP contribution in [-0.2, 0) is 12.8 Å². The summed E-state index contributed by atoms with van der Waals surface area (Å²) in [6, 6.07) is 2.12. The first-order valence-corrected chi connectivity index (χ1v) is 6.70. The van der Waals surface area contributed by atoms with Crippen molar-refractivity contribution in [3.05, 3.63) is 34.6 Å². The molecule has 0 amide bonds. The largest absolute Gasteiger partial charge is 0.373 e. The standard InChI is InChI=1S/C15H18N4/c1-9-7-10(2)13(17-8-9)15-18-12-6-4-5-11(12)14(16-3)19-15/h7-8H,4-6H2,1-3H3,(H,16,18,19). The Hall–Kier alpha value is -1.97. The van der Waals surface area contributed by atoms with Crippen LogP contribution in [0.1, 0.15) is 28.8 Å². The lowest BCUT2D eigenvalue weighted by Crippen LogP contribution is -2.05. The van der Waals surface area contributed by atoms with Gasteiger partial charge in [0.1, 0.15) is 11.5 Å². The van der Waals surface area contributed by atoms with Crippen LogP contribution in [0.15, 0.2) is 12.3 Å². The summed E-state index contributed by atoms with van der Waals surface area (Å²) < 4.78 is 0. The molecule has 0 fully saturated rings. The first-order valence-electron chi connectivity index (χ1n) is 6.70. The summed E-state index contributed by atoms with van der Waals surface area (Å²) in [5.41, 5.74) is 5.63. The van der Waals surface area contributed by atoms with Crippen molar-refractivity contribution in [1.29, 1.82) is 0 Å². The number of fused-ring (bicyclic) bond motifs is 1. The van der Waals surface area contributed by atoms with Crippen LogP contribution in [0.25, 0.3) is 11.5 Å². The molecule has 4 nitrogen and oxygen atoms in total. The highest BCUT2D eigenvalue weighted by Gasteiger charge is 2.20. The van der Waals surface area contributed by atoms with Crippen LogP contribution < -0.4 is 5.32 Å². The lowest BCUT2D eigenvalue weighted by atomic mass is 10.1. The summed E-state index contributed by atoms with van der Waals surface area (Å²) in [6.45, 7) is 4.11. The average molecular weight is 254 g/mol. The molecular formula is C15H18N4. The molecule has 0 saturated heterocycles. The second-order valence-electron chi connectivity index (χ2n) is 5.10. The Labute approximate surface area is 113 Å². The second-order valence-corrected chi connectivity index (χ2v) is 5.10. The van der Waals surface area contributed by atoms with Gasteiger partial charge < -0.3 is 5.32 Å². The summed E-state index contributed by atoms with van der Waals surface area (Å²) in [6.07, 6.45) is 5.16. The molecule has 2 aromatic rings. The van der Waals surface area contributed by atoms with E-state index in [4.69, 9.17) is 4.98 Å². The number of nitrogens with one attached hydrogen (secondary N) is 1. The summed E-state index contributed by atoms with van der Waals surface area (Å²) in [4.78, 5) is 13.8. The molecule has 98 valence electrons. The number of nitrogens with zero attached hydrogens (tertiary/aromatic N) is 3. The number of rotatable bonds is 2. The predicted octanol–water partition coefficient (Wildman–Crippen LogP) is 2.69. The van der Waals surface area contributed by atoms with Crippen molar-refractivity contribution in [2.24, 2.45) is 0 Å². The van der Waals surface area contributed by atoms with Crippen molar-refractivity contribution in [2.45, 2.75) is 33.1 Å². The second kappa shape index (κ2) is 4.61.